The number of fused-ring (bicyclic) bond motifs is 1. The zero-order valence-corrected chi connectivity index (χ0v) is 17.8. The van der Waals surface area contributed by atoms with E-state index < -0.39 is 17.4 Å². The first-order valence-electron chi connectivity index (χ1n) is 9.41. The molecule has 0 saturated heterocycles. The highest BCUT2D eigenvalue weighted by atomic mass is 35.5. The highest BCUT2D eigenvalue weighted by Gasteiger charge is 2.52. The molecule has 0 saturated carbocycles. The lowest BCUT2D eigenvalue weighted by molar-refractivity contribution is -0.132. The second-order valence-corrected chi connectivity index (χ2v) is 7.70. The monoisotopic (exact) mass is 435 g/mol. The largest absolute Gasteiger partial charge is 0.372 e. The maximum atomic E-state index is 13.5. The number of likely N-dealkylation sites (N-methyl/N-ethyl adjacent to an activating group) is 1. The van der Waals surface area contributed by atoms with Gasteiger partial charge in [-0.25, -0.2) is 0 Å². The van der Waals surface area contributed by atoms with Gasteiger partial charge in [0, 0.05) is 29.2 Å². The van der Waals surface area contributed by atoms with Gasteiger partial charge in [0.2, 0.25) is 5.91 Å². The Hall–Kier alpha value is -2.12. The van der Waals surface area contributed by atoms with E-state index in [-0.39, 0.29) is 26.7 Å². The van der Waals surface area contributed by atoms with Gasteiger partial charge in [-0.1, -0.05) is 55.2 Å². The van der Waals surface area contributed by atoms with Gasteiger partial charge in [0.15, 0.2) is 5.60 Å². The van der Waals surface area contributed by atoms with E-state index >= 15 is 0 Å². The van der Waals surface area contributed by atoms with E-state index in [1.54, 1.807) is 24.3 Å². The molecule has 0 bridgehead atoms. The molecule has 1 heterocycles. The topological polar surface area (TPSA) is 86.9 Å². The van der Waals surface area contributed by atoms with Crippen molar-refractivity contribution in [1.29, 1.82) is 0 Å². The number of nitrogens with two attached hydrogens (primary N) is 1. The Morgan fingerprint density at radius 2 is 1.79 bits per heavy atom. The van der Waals surface area contributed by atoms with Crippen LogP contribution in [0.4, 0.5) is 5.69 Å². The number of anilines is 1. The Kier molecular flexibility index (Phi) is 6.19. The molecular weight excluding hydrogens is 413 g/mol. The van der Waals surface area contributed by atoms with E-state index in [2.05, 4.69) is 4.90 Å². The lowest BCUT2D eigenvalue weighted by Gasteiger charge is -2.26. The average molecular weight is 436 g/mol. The zero-order chi connectivity index (χ0) is 21.3. The summed E-state index contributed by atoms with van der Waals surface area (Å²) < 4.78 is 0. The number of rotatable bonds is 7. The summed E-state index contributed by atoms with van der Waals surface area (Å²) in [4.78, 5) is 28.9. The van der Waals surface area contributed by atoms with Crippen LogP contribution in [0.15, 0.2) is 36.4 Å². The van der Waals surface area contributed by atoms with Crippen LogP contribution in [-0.2, 0) is 10.4 Å². The van der Waals surface area contributed by atoms with Crippen LogP contribution in [0.1, 0.15) is 35.3 Å². The molecule has 29 heavy (non-hydrogen) atoms. The number of nitrogens with zero attached hydrogens (tertiary/aromatic N) is 2. The first kappa shape index (κ1) is 21.6. The molecule has 0 aliphatic carbocycles. The van der Waals surface area contributed by atoms with Crippen molar-refractivity contribution in [2.24, 2.45) is 5.73 Å². The van der Waals surface area contributed by atoms with Crippen LogP contribution in [0.3, 0.4) is 0 Å². The van der Waals surface area contributed by atoms with Crippen molar-refractivity contribution in [1.82, 2.24) is 4.90 Å². The third kappa shape index (κ3) is 3.62. The van der Waals surface area contributed by atoms with Gasteiger partial charge in [0.25, 0.3) is 5.91 Å². The van der Waals surface area contributed by atoms with Gasteiger partial charge in [-0.2, -0.15) is 0 Å². The van der Waals surface area contributed by atoms with Crippen LogP contribution in [0, 0.1) is 0 Å². The van der Waals surface area contributed by atoms with E-state index in [9.17, 15) is 14.7 Å². The summed E-state index contributed by atoms with van der Waals surface area (Å²) in [6, 6.07) is 9.53. The molecule has 0 fully saturated rings. The van der Waals surface area contributed by atoms with Gasteiger partial charge in [0.05, 0.1) is 16.3 Å². The van der Waals surface area contributed by atoms with Crippen molar-refractivity contribution in [3.8, 4) is 0 Å². The minimum Gasteiger partial charge on any atom is -0.372 e. The predicted molar refractivity (Wildman–Crippen MR) is 115 cm³/mol. The van der Waals surface area contributed by atoms with Gasteiger partial charge in [-0.15, -0.1) is 0 Å². The lowest BCUT2D eigenvalue weighted by atomic mass is 9.87. The molecule has 8 heteroatoms. The fraction of sp³-hybridized carbons (Fsp3) is 0.333. The summed E-state index contributed by atoms with van der Waals surface area (Å²) >= 11 is 12.6. The number of carbonyl (C=O) groups is 2. The molecule has 2 aromatic carbocycles. The number of hydrogen-bond acceptors (Lipinski definition) is 4. The summed E-state index contributed by atoms with van der Waals surface area (Å²) in [5.74, 6) is -1.24. The van der Waals surface area contributed by atoms with Crippen LogP contribution in [-0.4, -0.2) is 48.0 Å². The zero-order valence-electron chi connectivity index (χ0n) is 16.3. The summed E-state index contributed by atoms with van der Waals surface area (Å²) in [7, 11) is 0. The molecule has 0 aromatic heterocycles. The van der Waals surface area contributed by atoms with E-state index in [4.69, 9.17) is 28.9 Å². The Balaban J connectivity index is 2.17. The Labute approximate surface area is 179 Å². The summed E-state index contributed by atoms with van der Waals surface area (Å²) in [6.45, 7) is 6.66. The predicted octanol–water partition coefficient (Wildman–Crippen LogP) is 3.02. The fourth-order valence-electron chi connectivity index (χ4n) is 3.70. The van der Waals surface area contributed by atoms with Gasteiger partial charge < -0.3 is 20.6 Å². The lowest BCUT2D eigenvalue weighted by Crippen LogP contribution is -2.44. The third-order valence-electron chi connectivity index (χ3n) is 5.38. The van der Waals surface area contributed by atoms with Crippen molar-refractivity contribution in [2.75, 3.05) is 31.1 Å². The standard InChI is InChI=1S/C21H23Cl2N3O3/c1-3-25(4-2)9-10-26-18-11-13(19(24)27)17(23)12-15(18)21(29,20(26)28)14-7-5-6-8-16(14)22/h5-8,11-12,29H,3-4,9-10H2,1-2H3,(H2,24,27). The third-order valence-corrected chi connectivity index (χ3v) is 6.03. The molecular formula is C21H23Cl2N3O3. The van der Waals surface area contributed by atoms with Gasteiger partial charge >= 0.3 is 0 Å². The summed E-state index contributed by atoms with van der Waals surface area (Å²) in [5.41, 5.74) is 4.48. The molecule has 0 radical (unpaired) electrons. The van der Waals surface area contributed by atoms with E-state index in [1.165, 1.54) is 17.0 Å². The molecule has 6 nitrogen and oxygen atoms in total. The van der Waals surface area contributed by atoms with Crippen molar-refractivity contribution in [3.63, 3.8) is 0 Å². The number of aliphatic hydroxyl groups is 1. The van der Waals surface area contributed by atoms with Crippen LogP contribution in [0.2, 0.25) is 10.0 Å². The average Bonchev–Trinajstić information content (AvgIpc) is 2.90. The molecule has 3 rings (SSSR count). The quantitative estimate of drug-likeness (QED) is 0.699. The number of carbonyl (C=O) groups excluding carboxylic acids is 2. The van der Waals surface area contributed by atoms with Gasteiger partial charge in [-0.3, -0.25) is 9.59 Å². The molecule has 1 aliphatic heterocycles. The van der Waals surface area contributed by atoms with Gasteiger partial charge in [0.1, 0.15) is 0 Å². The van der Waals surface area contributed by atoms with E-state index in [0.29, 0.717) is 18.8 Å². The number of benzene rings is 2. The first-order chi connectivity index (χ1) is 13.7. The molecule has 2 amide bonds. The normalized spacial score (nSPS) is 18.4. The number of halogens is 2. The van der Waals surface area contributed by atoms with Crippen LogP contribution in [0.5, 0.6) is 0 Å². The highest BCUT2D eigenvalue weighted by molar-refractivity contribution is 6.34. The molecule has 2 aromatic rings. The van der Waals surface area contributed by atoms with Crippen LogP contribution >= 0.6 is 23.2 Å². The van der Waals surface area contributed by atoms with Crippen LogP contribution in [0.25, 0.3) is 0 Å². The maximum absolute atomic E-state index is 13.5. The second kappa shape index (κ2) is 8.32. The number of hydrogen-bond donors (Lipinski definition) is 2. The Bertz CT molecular complexity index is 962. The first-order valence-corrected chi connectivity index (χ1v) is 10.2. The van der Waals surface area contributed by atoms with Crippen LogP contribution < -0.4 is 10.6 Å². The highest BCUT2D eigenvalue weighted by Crippen LogP contribution is 2.47. The minimum absolute atomic E-state index is 0.0696. The van der Waals surface area contributed by atoms with Crippen molar-refractivity contribution < 1.29 is 14.7 Å². The fourth-order valence-corrected chi connectivity index (χ4v) is 4.23. The Morgan fingerprint density at radius 1 is 1.14 bits per heavy atom. The van der Waals surface area contributed by atoms with Crippen molar-refractivity contribution in [3.05, 3.63) is 63.1 Å². The van der Waals surface area contributed by atoms with Crippen molar-refractivity contribution >= 4 is 40.7 Å². The summed E-state index contributed by atoms with van der Waals surface area (Å²) in [6.07, 6.45) is 0. The van der Waals surface area contributed by atoms with Gasteiger partial charge in [-0.05, 0) is 31.3 Å². The SMILES string of the molecule is CCN(CC)CCN1C(=O)C(O)(c2ccccc2Cl)c2cc(Cl)c(C(N)=O)cc21. The molecule has 1 atom stereocenters. The van der Waals surface area contributed by atoms with E-state index in [1.807, 2.05) is 13.8 Å². The number of amides is 2. The molecule has 0 spiro atoms. The molecule has 3 N–H and O–H groups in total. The smallest absolute Gasteiger partial charge is 0.268 e. The van der Waals surface area contributed by atoms with Crippen molar-refractivity contribution in [2.45, 2.75) is 19.4 Å². The molecule has 1 unspecified atom stereocenters. The van der Waals surface area contributed by atoms with E-state index in [0.717, 1.165) is 13.1 Å². The Morgan fingerprint density at radius 3 is 2.38 bits per heavy atom. The minimum atomic E-state index is -2.00. The maximum Gasteiger partial charge on any atom is 0.268 e. The number of primary amides is 1. The summed E-state index contributed by atoms with van der Waals surface area (Å²) in [5, 5.41) is 11.9. The molecule has 1 aliphatic rings. The molecule has 154 valence electrons. The second-order valence-electron chi connectivity index (χ2n) is 6.89.